The van der Waals surface area contributed by atoms with Gasteiger partial charge in [-0.25, -0.2) is 4.98 Å². The van der Waals surface area contributed by atoms with Crippen LogP contribution in [0.5, 0.6) is 0 Å². The molecule has 1 N–H and O–H groups in total. The smallest absolute Gasteiger partial charge is 0.226 e. The maximum Gasteiger partial charge on any atom is 0.226 e. The van der Waals surface area contributed by atoms with Crippen LogP contribution in [0.15, 0.2) is 24.3 Å². The summed E-state index contributed by atoms with van der Waals surface area (Å²) in [5.41, 5.74) is 1.47. The minimum Gasteiger partial charge on any atom is -0.342 e. The van der Waals surface area contributed by atoms with Crippen LogP contribution in [0.25, 0.3) is 10.2 Å². The molecule has 7 heteroatoms. The lowest BCUT2D eigenvalue weighted by Crippen LogP contribution is -2.40. The molecule has 3 aliphatic rings. The van der Waals surface area contributed by atoms with E-state index in [4.69, 9.17) is 4.98 Å². The lowest BCUT2D eigenvalue weighted by Gasteiger charge is -2.32. The van der Waals surface area contributed by atoms with Crippen LogP contribution in [-0.2, 0) is 4.79 Å². The number of rotatable bonds is 2. The van der Waals surface area contributed by atoms with Gasteiger partial charge < -0.3 is 10.2 Å². The molecule has 1 aliphatic carbocycles. The van der Waals surface area contributed by atoms with Gasteiger partial charge in [0, 0.05) is 24.9 Å². The number of nitrogens with one attached hydrogen (secondary N) is 1. The number of hydrogen-bond acceptors (Lipinski definition) is 4. The molecule has 1 saturated carbocycles. The van der Waals surface area contributed by atoms with Crippen LogP contribution in [0.1, 0.15) is 43.0 Å². The Hall–Kier alpha value is -0.880. The van der Waals surface area contributed by atoms with E-state index < -0.39 is 0 Å². The van der Waals surface area contributed by atoms with E-state index in [1.165, 1.54) is 22.5 Å². The summed E-state index contributed by atoms with van der Waals surface area (Å²) >= 11 is 1.83. The van der Waals surface area contributed by atoms with Crippen molar-refractivity contribution in [2.24, 2.45) is 11.3 Å². The Morgan fingerprint density at radius 3 is 2.56 bits per heavy atom. The van der Waals surface area contributed by atoms with E-state index in [1.807, 2.05) is 11.3 Å². The summed E-state index contributed by atoms with van der Waals surface area (Å²) in [7, 11) is 0. The molecule has 1 aromatic heterocycles. The lowest BCUT2D eigenvalue weighted by atomic mass is 9.91. The third-order valence-electron chi connectivity index (χ3n) is 6.55. The average Bonchev–Trinajstić information content (AvgIpc) is 3.16. The highest BCUT2D eigenvalue weighted by molar-refractivity contribution is 7.18. The maximum atomic E-state index is 12.9. The monoisotopic (exact) mass is 427 g/mol. The van der Waals surface area contributed by atoms with Crippen molar-refractivity contribution in [1.29, 1.82) is 0 Å². The molecule has 4 nitrogen and oxygen atoms in total. The predicted octanol–water partition coefficient (Wildman–Crippen LogP) is 4.24. The summed E-state index contributed by atoms with van der Waals surface area (Å²) in [5.74, 6) is 1.27. The summed E-state index contributed by atoms with van der Waals surface area (Å²) in [4.78, 5) is 19.9. The van der Waals surface area contributed by atoms with E-state index in [0.717, 1.165) is 51.0 Å². The van der Waals surface area contributed by atoms with Gasteiger partial charge in [-0.05, 0) is 62.7 Å². The van der Waals surface area contributed by atoms with E-state index in [9.17, 15) is 4.79 Å². The number of carbonyl (C=O) groups excluding carboxylic acids is 1. The second-order valence-corrected chi connectivity index (χ2v) is 9.05. The third kappa shape index (κ3) is 3.84. The lowest BCUT2D eigenvalue weighted by molar-refractivity contribution is -0.134. The Labute approximate surface area is 176 Å². The van der Waals surface area contributed by atoms with Crippen molar-refractivity contribution in [3.63, 3.8) is 0 Å². The number of carbonyl (C=O) groups is 1. The van der Waals surface area contributed by atoms with E-state index in [2.05, 4.69) is 34.5 Å². The number of thiazole rings is 1. The molecule has 1 spiro atoms. The second kappa shape index (κ2) is 8.24. The van der Waals surface area contributed by atoms with Crippen LogP contribution in [-0.4, -0.2) is 42.0 Å². The number of halogens is 2. The second-order valence-electron chi connectivity index (χ2n) is 7.99. The quantitative estimate of drug-likeness (QED) is 0.779. The fourth-order valence-corrected chi connectivity index (χ4v) is 5.94. The van der Waals surface area contributed by atoms with E-state index in [-0.39, 0.29) is 24.8 Å². The maximum absolute atomic E-state index is 12.9. The van der Waals surface area contributed by atoms with E-state index >= 15 is 0 Å². The Morgan fingerprint density at radius 2 is 1.85 bits per heavy atom. The first-order chi connectivity index (χ1) is 12.3. The van der Waals surface area contributed by atoms with Crippen LogP contribution in [0.3, 0.4) is 0 Å². The Kier molecular flexibility index (Phi) is 6.36. The molecule has 27 heavy (non-hydrogen) atoms. The molecule has 1 unspecified atom stereocenters. The summed E-state index contributed by atoms with van der Waals surface area (Å²) in [6.07, 6.45) is 5.63. The molecule has 1 amide bonds. The number of benzene rings is 1. The molecule has 1 atom stereocenters. The molecule has 5 rings (SSSR count). The molecule has 0 radical (unpaired) electrons. The van der Waals surface area contributed by atoms with Crippen molar-refractivity contribution in [3.8, 4) is 0 Å². The van der Waals surface area contributed by atoms with Gasteiger partial charge in [0.15, 0.2) is 0 Å². The minimum atomic E-state index is 0. The van der Waals surface area contributed by atoms with Crippen LogP contribution in [0.2, 0.25) is 0 Å². The molecule has 0 bridgehead atoms. The number of nitrogens with zero attached hydrogens (tertiary/aromatic N) is 2. The largest absolute Gasteiger partial charge is 0.342 e. The predicted molar refractivity (Wildman–Crippen MR) is 115 cm³/mol. The first-order valence-corrected chi connectivity index (χ1v) is 10.4. The molecule has 2 aliphatic heterocycles. The third-order valence-corrected chi connectivity index (χ3v) is 7.75. The number of hydrogen-bond donors (Lipinski definition) is 1. The Bertz CT molecular complexity index is 764. The highest BCUT2D eigenvalue weighted by Crippen LogP contribution is 2.59. The number of likely N-dealkylation sites (tertiary alicyclic amines) is 1. The first-order valence-electron chi connectivity index (χ1n) is 9.60. The van der Waals surface area contributed by atoms with Crippen LogP contribution in [0, 0.1) is 11.3 Å². The molecule has 3 fully saturated rings. The van der Waals surface area contributed by atoms with Crippen molar-refractivity contribution in [2.75, 3.05) is 26.2 Å². The Morgan fingerprint density at radius 1 is 1.15 bits per heavy atom. The average molecular weight is 428 g/mol. The van der Waals surface area contributed by atoms with E-state index in [1.54, 1.807) is 0 Å². The normalized spacial score (nSPS) is 24.3. The fourth-order valence-electron chi connectivity index (χ4n) is 4.81. The number of para-hydroxylation sites is 1. The highest BCUT2D eigenvalue weighted by atomic mass is 35.5. The van der Waals surface area contributed by atoms with Gasteiger partial charge in [0.05, 0.1) is 15.2 Å². The van der Waals surface area contributed by atoms with E-state index in [0.29, 0.717) is 23.2 Å². The van der Waals surface area contributed by atoms with Crippen LogP contribution in [0.4, 0.5) is 0 Å². The van der Waals surface area contributed by atoms with Gasteiger partial charge >= 0.3 is 0 Å². The summed E-state index contributed by atoms with van der Waals surface area (Å²) in [5, 5.41) is 4.68. The standard InChI is InChI=1S/C20H25N3OS.2ClH/c24-19(15-13-20(15)7-9-21-10-8-20)23-11-5-14(6-12-23)18-22-16-3-1-2-4-17(16)25-18;;/h1-4,14-15,21H,5-13H2;2*1H. The molecule has 1 aromatic carbocycles. The number of piperidine rings is 2. The van der Waals surface area contributed by atoms with Gasteiger partial charge in [0.25, 0.3) is 0 Å². The number of fused-ring (bicyclic) bond motifs is 1. The molecular weight excluding hydrogens is 401 g/mol. The van der Waals surface area contributed by atoms with Crippen molar-refractivity contribution in [1.82, 2.24) is 15.2 Å². The summed E-state index contributed by atoms with van der Waals surface area (Å²) in [6, 6.07) is 8.39. The van der Waals surface area contributed by atoms with Gasteiger partial charge in [-0.15, -0.1) is 36.2 Å². The molecule has 2 aromatic rings. The van der Waals surface area contributed by atoms with Gasteiger partial charge in [0.1, 0.15) is 0 Å². The minimum absolute atomic E-state index is 0. The van der Waals surface area contributed by atoms with Gasteiger partial charge in [-0.3, -0.25) is 4.79 Å². The molecule has 3 heterocycles. The van der Waals surface area contributed by atoms with Gasteiger partial charge in [-0.2, -0.15) is 0 Å². The van der Waals surface area contributed by atoms with Crippen molar-refractivity contribution >= 4 is 52.3 Å². The SMILES string of the molecule is Cl.Cl.O=C(C1CC12CCNCC2)N1CCC(c2nc3ccccc3s2)CC1. The van der Waals surface area contributed by atoms with Gasteiger partial charge in [0.2, 0.25) is 5.91 Å². The number of aromatic nitrogens is 1. The van der Waals surface area contributed by atoms with Crippen LogP contribution >= 0.6 is 36.2 Å². The van der Waals surface area contributed by atoms with Crippen molar-refractivity contribution in [3.05, 3.63) is 29.3 Å². The zero-order chi connectivity index (χ0) is 16.9. The van der Waals surface area contributed by atoms with Crippen LogP contribution < -0.4 is 5.32 Å². The highest BCUT2D eigenvalue weighted by Gasteiger charge is 2.58. The fraction of sp³-hybridized carbons (Fsp3) is 0.600. The number of amides is 1. The van der Waals surface area contributed by atoms with Crippen molar-refractivity contribution < 1.29 is 4.79 Å². The molecule has 148 valence electrons. The first kappa shape index (κ1) is 20.8. The summed E-state index contributed by atoms with van der Waals surface area (Å²) in [6.45, 7) is 3.99. The molecular formula is C20H27Cl2N3OS. The zero-order valence-corrected chi connectivity index (χ0v) is 17.8. The molecule has 2 saturated heterocycles. The van der Waals surface area contributed by atoms with Gasteiger partial charge in [-0.1, -0.05) is 12.1 Å². The summed E-state index contributed by atoms with van der Waals surface area (Å²) < 4.78 is 1.28. The van der Waals surface area contributed by atoms with Crippen molar-refractivity contribution in [2.45, 2.75) is 38.0 Å². The zero-order valence-electron chi connectivity index (χ0n) is 15.4. The topological polar surface area (TPSA) is 45.2 Å². The Balaban J connectivity index is 0.00000105.